The van der Waals surface area contributed by atoms with Gasteiger partial charge in [-0.15, -0.1) is 0 Å². The Morgan fingerprint density at radius 1 is 1.24 bits per heavy atom. The van der Waals surface area contributed by atoms with Crippen molar-refractivity contribution in [1.82, 2.24) is 21.0 Å². The van der Waals surface area contributed by atoms with Crippen molar-refractivity contribution in [2.75, 3.05) is 0 Å². The highest BCUT2D eigenvalue weighted by Gasteiger charge is 2.23. The monoisotopic (exact) mass is 398 g/mol. The molecule has 0 spiro atoms. The van der Waals surface area contributed by atoms with E-state index in [1.807, 2.05) is 0 Å². The van der Waals surface area contributed by atoms with Crippen molar-refractivity contribution >= 4 is 29.8 Å². The lowest BCUT2D eigenvalue weighted by atomic mass is 10.1. The molecule has 0 aliphatic rings. The Kier molecular flexibility index (Phi) is 7.80. The lowest BCUT2D eigenvalue weighted by molar-refractivity contribution is -0.137. The number of carbonyl (C=O) groups is 3. The first-order chi connectivity index (χ1) is 13.9. The second kappa shape index (κ2) is 10.5. The van der Waals surface area contributed by atoms with Gasteiger partial charge in [-0.1, -0.05) is 12.1 Å². The number of aromatic nitrogens is 1. The molecule has 2 atom stereocenters. The van der Waals surface area contributed by atoms with Crippen LogP contribution >= 0.6 is 0 Å². The third-order valence-electron chi connectivity index (χ3n) is 3.92. The van der Waals surface area contributed by atoms with Gasteiger partial charge in [-0.2, -0.15) is 0 Å². The number of nitrogens with two attached hydrogens (primary N) is 1. The number of aliphatic carboxylic acids is 1. The highest BCUT2D eigenvalue weighted by molar-refractivity contribution is 5.98. The molecular weight excluding hydrogens is 376 g/mol. The standard InChI is InChI=1S/C19H22N6O4/c1-12(24-19(29)13-4-2-6-15(8-13)22-11-23-20)18(28)25-16(9-17(26)27)14-5-3-7-21-10-14/h2-8,10-12,16H,9,20H2,1H3,(H,22,23)(H,24,29)(H,25,28)(H,26,27). The van der Waals surface area contributed by atoms with Crippen LogP contribution in [0.3, 0.4) is 0 Å². The number of rotatable bonds is 9. The predicted molar refractivity (Wildman–Crippen MR) is 106 cm³/mol. The van der Waals surface area contributed by atoms with Crippen molar-refractivity contribution in [3.05, 3.63) is 59.9 Å². The molecule has 29 heavy (non-hydrogen) atoms. The number of nitrogens with zero attached hydrogens (tertiary/aromatic N) is 2. The van der Waals surface area contributed by atoms with Crippen molar-refractivity contribution in [2.45, 2.75) is 25.4 Å². The van der Waals surface area contributed by atoms with Gasteiger partial charge in [0.25, 0.3) is 5.91 Å². The zero-order chi connectivity index (χ0) is 21.2. The summed E-state index contributed by atoms with van der Waals surface area (Å²) in [6, 6.07) is 8.11. The smallest absolute Gasteiger partial charge is 0.305 e. The summed E-state index contributed by atoms with van der Waals surface area (Å²) in [5, 5.41) is 14.3. The van der Waals surface area contributed by atoms with Crippen LogP contribution in [0.25, 0.3) is 0 Å². The van der Waals surface area contributed by atoms with Crippen LogP contribution in [0.4, 0.5) is 5.69 Å². The number of nitrogens with one attached hydrogen (secondary N) is 3. The molecule has 1 aromatic carbocycles. The Hall–Kier alpha value is -3.79. The summed E-state index contributed by atoms with van der Waals surface area (Å²) in [5.74, 6) is 3.06. The molecule has 0 aliphatic heterocycles. The molecule has 152 valence electrons. The van der Waals surface area contributed by atoms with Crippen molar-refractivity contribution in [2.24, 2.45) is 10.8 Å². The van der Waals surface area contributed by atoms with Crippen molar-refractivity contribution in [3.8, 4) is 0 Å². The molecule has 0 fully saturated rings. The predicted octanol–water partition coefficient (Wildman–Crippen LogP) is 0.655. The summed E-state index contributed by atoms with van der Waals surface area (Å²) in [5.41, 5.74) is 3.64. The molecule has 0 saturated carbocycles. The topological polar surface area (TPSA) is 159 Å². The summed E-state index contributed by atoms with van der Waals surface area (Å²) >= 11 is 0. The van der Waals surface area contributed by atoms with E-state index in [9.17, 15) is 14.4 Å². The Morgan fingerprint density at radius 2 is 2.03 bits per heavy atom. The molecule has 1 heterocycles. The summed E-state index contributed by atoms with van der Waals surface area (Å²) in [7, 11) is 0. The number of aliphatic imine (C=N–C) groups is 1. The van der Waals surface area contributed by atoms with Crippen LogP contribution in [0, 0.1) is 0 Å². The molecule has 0 saturated heterocycles. The van der Waals surface area contributed by atoms with Gasteiger partial charge in [0, 0.05) is 18.0 Å². The van der Waals surface area contributed by atoms with Gasteiger partial charge in [0.1, 0.15) is 12.4 Å². The van der Waals surface area contributed by atoms with E-state index in [2.05, 4.69) is 26.0 Å². The Morgan fingerprint density at radius 3 is 2.69 bits per heavy atom. The minimum atomic E-state index is -1.07. The average molecular weight is 398 g/mol. The molecule has 2 aromatic rings. The van der Waals surface area contributed by atoms with Gasteiger partial charge in [0.15, 0.2) is 0 Å². The zero-order valence-electron chi connectivity index (χ0n) is 15.7. The van der Waals surface area contributed by atoms with Gasteiger partial charge in [0.2, 0.25) is 5.91 Å². The summed E-state index contributed by atoms with van der Waals surface area (Å²) in [6.07, 6.45) is 3.99. The lowest BCUT2D eigenvalue weighted by Crippen LogP contribution is -2.46. The van der Waals surface area contributed by atoms with Crippen molar-refractivity contribution < 1.29 is 19.5 Å². The van der Waals surface area contributed by atoms with Crippen LogP contribution in [-0.4, -0.2) is 40.3 Å². The highest BCUT2D eigenvalue weighted by Crippen LogP contribution is 2.16. The quantitative estimate of drug-likeness (QED) is 0.179. The van der Waals surface area contributed by atoms with Crippen molar-refractivity contribution in [1.29, 1.82) is 0 Å². The van der Waals surface area contributed by atoms with Crippen LogP contribution in [-0.2, 0) is 9.59 Å². The molecule has 10 heteroatoms. The van der Waals surface area contributed by atoms with Gasteiger partial charge in [-0.25, -0.2) is 10.8 Å². The molecular formula is C19H22N6O4. The summed E-state index contributed by atoms with van der Waals surface area (Å²) in [6.45, 7) is 1.51. The number of carboxylic acid groups (broad SMARTS) is 1. The minimum Gasteiger partial charge on any atom is -0.481 e. The fourth-order valence-electron chi connectivity index (χ4n) is 2.49. The fourth-order valence-corrected chi connectivity index (χ4v) is 2.49. The molecule has 0 aliphatic carbocycles. The second-order valence-corrected chi connectivity index (χ2v) is 6.12. The van der Waals surface area contributed by atoms with Crippen LogP contribution in [0.5, 0.6) is 0 Å². The van der Waals surface area contributed by atoms with E-state index in [4.69, 9.17) is 10.9 Å². The molecule has 2 amide bonds. The summed E-state index contributed by atoms with van der Waals surface area (Å²) < 4.78 is 0. The van der Waals surface area contributed by atoms with E-state index in [0.717, 1.165) is 0 Å². The lowest BCUT2D eigenvalue weighted by Gasteiger charge is -2.20. The van der Waals surface area contributed by atoms with E-state index < -0.39 is 29.9 Å². The average Bonchev–Trinajstić information content (AvgIpc) is 2.72. The molecule has 2 unspecified atom stereocenters. The molecule has 0 bridgehead atoms. The number of amides is 2. The zero-order valence-corrected chi connectivity index (χ0v) is 15.7. The van der Waals surface area contributed by atoms with E-state index in [0.29, 0.717) is 16.8 Å². The first kappa shape index (κ1) is 21.5. The van der Waals surface area contributed by atoms with Crippen molar-refractivity contribution in [3.63, 3.8) is 0 Å². The molecule has 10 nitrogen and oxygen atoms in total. The Labute approximate surface area is 167 Å². The molecule has 1 aromatic heterocycles. The largest absolute Gasteiger partial charge is 0.481 e. The van der Waals surface area contributed by atoms with Gasteiger partial charge in [-0.05, 0) is 36.8 Å². The maximum atomic E-state index is 12.5. The number of pyridine rings is 1. The first-order valence-electron chi connectivity index (χ1n) is 8.72. The van der Waals surface area contributed by atoms with E-state index in [1.54, 1.807) is 36.5 Å². The van der Waals surface area contributed by atoms with Crippen LogP contribution in [0.15, 0.2) is 53.8 Å². The Bertz CT molecular complexity index is 887. The van der Waals surface area contributed by atoms with Gasteiger partial charge < -0.3 is 21.2 Å². The van der Waals surface area contributed by atoms with Crippen LogP contribution in [0.1, 0.15) is 35.3 Å². The summed E-state index contributed by atoms with van der Waals surface area (Å²) in [4.78, 5) is 44.0. The minimum absolute atomic E-state index is 0.311. The number of hydrogen-bond acceptors (Lipinski definition) is 6. The van der Waals surface area contributed by atoms with Gasteiger partial charge in [-0.3, -0.25) is 19.4 Å². The number of carbonyl (C=O) groups excluding carboxylic acids is 2. The number of carboxylic acids is 1. The second-order valence-electron chi connectivity index (χ2n) is 6.12. The van der Waals surface area contributed by atoms with Gasteiger partial charge >= 0.3 is 5.97 Å². The SMILES string of the molecule is CC(NC(=O)c1cccc(N=CNN)c1)C(=O)NC(CC(=O)O)c1cccnc1. The molecule has 6 N–H and O–H groups in total. The maximum Gasteiger partial charge on any atom is 0.305 e. The van der Waals surface area contributed by atoms with E-state index in [1.165, 1.54) is 25.5 Å². The van der Waals surface area contributed by atoms with E-state index >= 15 is 0 Å². The van der Waals surface area contributed by atoms with E-state index in [-0.39, 0.29) is 6.42 Å². The normalized spacial score (nSPS) is 12.8. The number of hydrazine groups is 1. The van der Waals surface area contributed by atoms with Crippen LogP contribution in [0.2, 0.25) is 0 Å². The third kappa shape index (κ3) is 6.70. The number of hydrogen-bond donors (Lipinski definition) is 5. The number of benzene rings is 1. The highest BCUT2D eigenvalue weighted by atomic mass is 16.4. The molecule has 0 radical (unpaired) electrons. The third-order valence-corrected chi connectivity index (χ3v) is 3.92. The maximum absolute atomic E-state index is 12.5. The fraction of sp³-hybridized carbons (Fsp3) is 0.211. The van der Waals surface area contributed by atoms with Crippen LogP contribution < -0.4 is 21.9 Å². The molecule has 2 rings (SSSR count). The first-order valence-corrected chi connectivity index (χ1v) is 8.72. The Balaban J connectivity index is 2.04. The van der Waals surface area contributed by atoms with Gasteiger partial charge in [0.05, 0.1) is 18.2 Å².